The number of benzene rings is 2. The Morgan fingerprint density at radius 3 is 2.28 bits per heavy atom. The van der Waals surface area contributed by atoms with E-state index in [4.69, 9.17) is 4.74 Å². The van der Waals surface area contributed by atoms with E-state index in [2.05, 4.69) is 30.0 Å². The minimum Gasteiger partial charge on any atom is -0.372 e. The van der Waals surface area contributed by atoms with Gasteiger partial charge in [0.05, 0.1) is 0 Å². The second-order valence-electron chi connectivity index (χ2n) is 3.99. The number of rotatable bonds is 3. The first-order valence-corrected chi connectivity index (χ1v) is 5.96. The van der Waals surface area contributed by atoms with Crippen molar-refractivity contribution in [3.05, 3.63) is 71.3 Å². The van der Waals surface area contributed by atoms with Gasteiger partial charge in [-0.1, -0.05) is 54.5 Å². The summed E-state index contributed by atoms with van der Waals surface area (Å²) >= 11 is 0. The molecule has 0 heterocycles. The summed E-state index contributed by atoms with van der Waals surface area (Å²) in [6.07, 6.45) is -0.0664. The van der Waals surface area contributed by atoms with Crippen molar-refractivity contribution in [2.75, 3.05) is 7.11 Å². The molecule has 0 N–H and O–H groups in total. The summed E-state index contributed by atoms with van der Waals surface area (Å²) < 4.78 is 5.64. The maximum atomic E-state index is 5.64. The van der Waals surface area contributed by atoms with Crippen LogP contribution in [-0.4, -0.2) is 7.11 Å². The van der Waals surface area contributed by atoms with Crippen LogP contribution in [0.5, 0.6) is 0 Å². The van der Waals surface area contributed by atoms with Crippen molar-refractivity contribution in [2.24, 2.45) is 0 Å². The van der Waals surface area contributed by atoms with Gasteiger partial charge in [0.25, 0.3) is 0 Å². The summed E-state index contributed by atoms with van der Waals surface area (Å²) in [5, 5.41) is 0. The Morgan fingerprint density at radius 2 is 1.61 bits per heavy atom. The van der Waals surface area contributed by atoms with Gasteiger partial charge in [-0.05, 0) is 18.6 Å². The minimum absolute atomic E-state index is 0.0664. The van der Waals surface area contributed by atoms with Gasteiger partial charge in [0, 0.05) is 18.2 Å². The molecule has 0 aliphatic carbocycles. The largest absolute Gasteiger partial charge is 0.372 e. The smallest absolute Gasteiger partial charge is 0.108 e. The molecule has 18 heavy (non-hydrogen) atoms. The van der Waals surface area contributed by atoms with Gasteiger partial charge in [-0.25, -0.2) is 0 Å². The van der Waals surface area contributed by atoms with Crippen LogP contribution >= 0.6 is 0 Å². The highest BCUT2D eigenvalue weighted by atomic mass is 16.5. The number of hydrogen-bond acceptors (Lipinski definition) is 1. The molecular weight excluding hydrogens is 220 g/mol. The molecule has 1 atom stereocenters. The SMILES string of the molecule is CC#Cc1ccccc1C(OC)c1ccccc1. The Morgan fingerprint density at radius 1 is 0.944 bits per heavy atom. The zero-order chi connectivity index (χ0) is 12.8. The van der Waals surface area contributed by atoms with Gasteiger partial charge in [0.1, 0.15) is 6.10 Å². The fourth-order valence-corrected chi connectivity index (χ4v) is 2.04. The average molecular weight is 236 g/mol. The standard InChI is InChI=1S/C17H16O/c1-3-9-14-10-7-8-13-16(14)17(18-2)15-11-5-4-6-12-15/h4-8,10-13,17H,1-2H3. The Kier molecular flexibility index (Phi) is 4.17. The van der Waals surface area contributed by atoms with Crippen LogP contribution in [0, 0.1) is 11.8 Å². The second-order valence-corrected chi connectivity index (χ2v) is 3.99. The van der Waals surface area contributed by atoms with Crippen LogP contribution in [0.15, 0.2) is 54.6 Å². The van der Waals surface area contributed by atoms with E-state index in [1.807, 2.05) is 43.3 Å². The van der Waals surface area contributed by atoms with Crippen LogP contribution in [0.1, 0.15) is 29.7 Å². The molecule has 0 aromatic heterocycles. The maximum absolute atomic E-state index is 5.64. The Labute approximate surface area is 108 Å². The first-order valence-electron chi connectivity index (χ1n) is 5.96. The van der Waals surface area contributed by atoms with E-state index in [1.165, 1.54) is 0 Å². The highest BCUT2D eigenvalue weighted by molar-refractivity contribution is 5.45. The summed E-state index contributed by atoms with van der Waals surface area (Å²) in [7, 11) is 1.73. The zero-order valence-corrected chi connectivity index (χ0v) is 10.7. The van der Waals surface area contributed by atoms with Crippen molar-refractivity contribution in [3.63, 3.8) is 0 Å². The van der Waals surface area contributed by atoms with Crippen LogP contribution in [0.3, 0.4) is 0 Å². The van der Waals surface area contributed by atoms with E-state index < -0.39 is 0 Å². The molecule has 0 aliphatic rings. The Hall–Kier alpha value is -2.04. The third kappa shape index (κ3) is 2.61. The second kappa shape index (κ2) is 6.05. The van der Waals surface area contributed by atoms with E-state index in [0.717, 1.165) is 16.7 Å². The predicted molar refractivity (Wildman–Crippen MR) is 74.3 cm³/mol. The molecule has 0 amide bonds. The molecule has 1 unspecified atom stereocenters. The molecule has 0 radical (unpaired) electrons. The lowest BCUT2D eigenvalue weighted by atomic mass is 9.97. The maximum Gasteiger partial charge on any atom is 0.108 e. The molecule has 0 saturated carbocycles. The van der Waals surface area contributed by atoms with Crippen molar-refractivity contribution >= 4 is 0 Å². The van der Waals surface area contributed by atoms with Crippen molar-refractivity contribution in [1.29, 1.82) is 0 Å². The molecule has 90 valence electrons. The molecule has 2 rings (SSSR count). The molecular formula is C17H16O. The summed E-state index contributed by atoms with van der Waals surface area (Å²) in [4.78, 5) is 0. The van der Waals surface area contributed by atoms with E-state index in [1.54, 1.807) is 7.11 Å². The number of hydrogen-bond donors (Lipinski definition) is 0. The molecule has 2 aromatic rings. The molecule has 0 saturated heterocycles. The van der Waals surface area contributed by atoms with E-state index in [0.29, 0.717) is 0 Å². The molecule has 0 spiro atoms. The molecule has 0 bridgehead atoms. The average Bonchev–Trinajstić information content (AvgIpc) is 2.43. The molecule has 0 fully saturated rings. The molecule has 1 heteroatoms. The summed E-state index contributed by atoms with van der Waals surface area (Å²) in [5.41, 5.74) is 3.28. The van der Waals surface area contributed by atoms with E-state index in [-0.39, 0.29) is 6.10 Å². The third-order valence-corrected chi connectivity index (χ3v) is 2.84. The quantitative estimate of drug-likeness (QED) is 0.737. The fourth-order valence-electron chi connectivity index (χ4n) is 2.04. The minimum atomic E-state index is -0.0664. The fraction of sp³-hybridized carbons (Fsp3) is 0.176. The lowest BCUT2D eigenvalue weighted by Gasteiger charge is -2.17. The van der Waals surface area contributed by atoms with Crippen LogP contribution in [0.4, 0.5) is 0 Å². The zero-order valence-electron chi connectivity index (χ0n) is 10.7. The van der Waals surface area contributed by atoms with Crippen LogP contribution in [0.25, 0.3) is 0 Å². The lowest BCUT2D eigenvalue weighted by Crippen LogP contribution is -2.05. The van der Waals surface area contributed by atoms with Crippen LogP contribution < -0.4 is 0 Å². The summed E-state index contributed by atoms with van der Waals surface area (Å²) in [6, 6.07) is 18.3. The van der Waals surface area contributed by atoms with E-state index in [9.17, 15) is 0 Å². The Bertz CT molecular complexity index is 561. The topological polar surface area (TPSA) is 9.23 Å². The monoisotopic (exact) mass is 236 g/mol. The van der Waals surface area contributed by atoms with E-state index >= 15 is 0 Å². The van der Waals surface area contributed by atoms with Gasteiger partial charge in [-0.2, -0.15) is 0 Å². The molecule has 0 aliphatic heterocycles. The molecule has 2 aromatic carbocycles. The lowest BCUT2D eigenvalue weighted by molar-refractivity contribution is 0.136. The number of methoxy groups -OCH3 is 1. The van der Waals surface area contributed by atoms with Crippen LogP contribution in [-0.2, 0) is 4.74 Å². The predicted octanol–water partition coefficient (Wildman–Crippen LogP) is 3.79. The van der Waals surface area contributed by atoms with Crippen molar-refractivity contribution in [1.82, 2.24) is 0 Å². The van der Waals surface area contributed by atoms with Crippen molar-refractivity contribution in [2.45, 2.75) is 13.0 Å². The highest BCUT2D eigenvalue weighted by Crippen LogP contribution is 2.27. The van der Waals surface area contributed by atoms with Gasteiger partial charge < -0.3 is 4.74 Å². The first kappa shape index (κ1) is 12.4. The first-order chi connectivity index (χ1) is 8.86. The van der Waals surface area contributed by atoms with Crippen molar-refractivity contribution < 1.29 is 4.74 Å². The number of ether oxygens (including phenoxy) is 1. The van der Waals surface area contributed by atoms with Gasteiger partial charge in [0.2, 0.25) is 0 Å². The molecule has 1 nitrogen and oxygen atoms in total. The summed E-state index contributed by atoms with van der Waals surface area (Å²) in [6.45, 7) is 1.85. The Balaban J connectivity index is 2.48. The highest BCUT2D eigenvalue weighted by Gasteiger charge is 2.15. The van der Waals surface area contributed by atoms with Crippen LogP contribution in [0.2, 0.25) is 0 Å². The summed E-state index contributed by atoms with van der Waals surface area (Å²) in [5.74, 6) is 6.08. The third-order valence-electron chi connectivity index (χ3n) is 2.84. The van der Waals surface area contributed by atoms with Gasteiger partial charge in [-0.15, -0.1) is 5.92 Å². The van der Waals surface area contributed by atoms with Gasteiger partial charge >= 0.3 is 0 Å². The normalized spacial score (nSPS) is 11.4. The van der Waals surface area contributed by atoms with Gasteiger partial charge in [0.15, 0.2) is 0 Å². The van der Waals surface area contributed by atoms with Crippen molar-refractivity contribution in [3.8, 4) is 11.8 Å². The van der Waals surface area contributed by atoms with Gasteiger partial charge in [-0.3, -0.25) is 0 Å².